The molecule has 192 valence electrons. The van der Waals surface area contributed by atoms with E-state index in [4.69, 9.17) is 28.4 Å². The van der Waals surface area contributed by atoms with Crippen molar-refractivity contribution in [1.29, 1.82) is 0 Å². The SMILES string of the molecule is COc1cc(C=CC(=O)OCC(=O)COC(=O)C=Cc2cc(OC)c(O)c(OC)c2)cc(OC)c1O. The van der Waals surface area contributed by atoms with E-state index in [0.717, 1.165) is 12.2 Å². The molecule has 0 aliphatic heterocycles. The summed E-state index contributed by atoms with van der Waals surface area (Å²) < 4.78 is 29.8. The van der Waals surface area contributed by atoms with Crippen LogP contribution in [0.2, 0.25) is 0 Å². The van der Waals surface area contributed by atoms with Gasteiger partial charge in [0.1, 0.15) is 0 Å². The van der Waals surface area contributed by atoms with Crippen LogP contribution < -0.4 is 18.9 Å². The van der Waals surface area contributed by atoms with Gasteiger partial charge in [0.05, 0.1) is 28.4 Å². The summed E-state index contributed by atoms with van der Waals surface area (Å²) >= 11 is 0. The summed E-state index contributed by atoms with van der Waals surface area (Å²) in [5.41, 5.74) is 0.962. The van der Waals surface area contributed by atoms with E-state index < -0.39 is 30.9 Å². The molecular formula is C25H26O11. The van der Waals surface area contributed by atoms with Gasteiger partial charge >= 0.3 is 11.9 Å². The molecule has 2 rings (SSSR count). The van der Waals surface area contributed by atoms with Gasteiger partial charge in [-0.1, -0.05) is 0 Å². The summed E-state index contributed by atoms with van der Waals surface area (Å²) in [6, 6.07) is 5.91. The number of hydrogen-bond donors (Lipinski definition) is 2. The van der Waals surface area contributed by atoms with Crippen LogP contribution in [0.15, 0.2) is 36.4 Å². The zero-order chi connectivity index (χ0) is 26.7. The van der Waals surface area contributed by atoms with E-state index in [9.17, 15) is 24.6 Å². The average Bonchev–Trinajstić information content (AvgIpc) is 2.89. The van der Waals surface area contributed by atoms with Crippen molar-refractivity contribution in [3.63, 3.8) is 0 Å². The fourth-order valence-corrected chi connectivity index (χ4v) is 2.79. The first-order valence-corrected chi connectivity index (χ1v) is 10.3. The Morgan fingerprint density at radius 3 is 1.22 bits per heavy atom. The minimum atomic E-state index is -0.809. The Morgan fingerprint density at radius 1 is 0.639 bits per heavy atom. The molecule has 0 radical (unpaired) electrons. The van der Waals surface area contributed by atoms with Crippen molar-refractivity contribution < 1.29 is 53.0 Å². The topological polar surface area (TPSA) is 147 Å². The third kappa shape index (κ3) is 7.69. The van der Waals surface area contributed by atoms with E-state index in [-0.39, 0.29) is 34.5 Å². The molecule has 0 fully saturated rings. The smallest absolute Gasteiger partial charge is 0.331 e. The lowest BCUT2D eigenvalue weighted by Gasteiger charge is -2.09. The fourth-order valence-electron chi connectivity index (χ4n) is 2.79. The number of ether oxygens (including phenoxy) is 6. The zero-order valence-corrected chi connectivity index (χ0v) is 20.1. The van der Waals surface area contributed by atoms with Crippen LogP contribution >= 0.6 is 0 Å². The number of phenolic OH excluding ortho intramolecular Hbond substituents is 2. The van der Waals surface area contributed by atoms with E-state index in [2.05, 4.69) is 0 Å². The molecule has 36 heavy (non-hydrogen) atoms. The lowest BCUT2D eigenvalue weighted by molar-refractivity contribution is -0.148. The Balaban J connectivity index is 1.84. The number of aromatic hydroxyl groups is 2. The van der Waals surface area contributed by atoms with Crippen LogP contribution in [0.4, 0.5) is 0 Å². The van der Waals surface area contributed by atoms with E-state index in [0.29, 0.717) is 11.1 Å². The molecule has 0 aromatic heterocycles. The summed E-state index contributed by atoms with van der Waals surface area (Å²) in [6.07, 6.45) is 4.92. The largest absolute Gasteiger partial charge is 0.502 e. The molecule has 0 amide bonds. The molecule has 0 unspecified atom stereocenters. The molecule has 0 aliphatic carbocycles. The lowest BCUT2D eigenvalue weighted by Crippen LogP contribution is -2.19. The second-order valence-corrected chi connectivity index (χ2v) is 6.97. The maximum atomic E-state index is 11.9. The number of esters is 2. The van der Waals surface area contributed by atoms with Gasteiger partial charge in [-0.3, -0.25) is 4.79 Å². The summed E-state index contributed by atoms with van der Waals surface area (Å²) in [4.78, 5) is 35.7. The standard InChI is InChI=1S/C25H26O11/c1-31-18-9-15(10-19(32-2)24(18)29)5-7-22(27)35-13-17(26)14-36-23(28)8-6-16-11-20(33-3)25(30)21(12-16)34-4/h5-12,29-30H,13-14H2,1-4H3. The Hall–Kier alpha value is -4.67. The summed E-state index contributed by atoms with van der Waals surface area (Å²) in [5.74, 6) is -2.02. The van der Waals surface area contributed by atoms with Crippen molar-refractivity contribution in [3.05, 3.63) is 47.5 Å². The molecule has 0 saturated carbocycles. The highest BCUT2D eigenvalue weighted by Gasteiger charge is 2.12. The van der Waals surface area contributed by atoms with Gasteiger partial charge in [0, 0.05) is 12.2 Å². The van der Waals surface area contributed by atoms with Gasteiger partial charge in [-0.05, 0) is 47.5 Å². The Morgan fingerprint density at radius 2 is 0.944 bits per heavy atom. The molecule has 2 aromatic rings. The van der Waals surface area contributed by atoms with Gasteiger partial charge in [0.25, 0.3) is 0 Å². The van der Waals surface area contributed by atoms with Gasteiger partial charge in [-0.25, -0.2) is 9.59 Å². The maximum absolute atomic E-state index is 11.9. The third-order valence-corrected chi connectivity index (χ3v) is 4.58. The first-order valence-electron chi connectivity index (χ1n) is 10.3. The predicted molar refractivity (Wildman–Crippen MR) is 127 cm³/mol. The highest BCUT2D eigenvalue weighted by atomic mass is 16.6. The van der Waals surface area contributed by atoms with Crippen LogP contribution in [0.5, 0.6) is 34.5 Å². The van der Waals surface area contributed by atoms with Crippen molar-refractivity contribution in [2.24, 2.45) is 0 Å². The summed E-state index contributed by atoms with van der Waals surface area (Å²) in [7, 11) is 5.47. The quantitative estimate of drug-likeness (QED) is 0.326. The number of methoxy groups -OCH3 is 4. The van der Waals surface area contributed by atoms with E-state index >= 15 is 0 Å². The molecule has 0 bridgehead atoms. The Bertz CT molecular complexity index is 1030. The number of carbonyl (C=O) groups excluding carboxylic acids is 3. The number of rotatable bonds is 12. The van der Waals surface area contributed by atoms with Crippen LogP contribution in [0, 0.1) is 0 Å². The second-order valence-electron chi connectivity index (χ2n) is 6.97. The number of ketones is 1. The molecule has 0 spiro atoms. The normalized spacial score (nSPS) is 10.8. The molecule has 0 saturated heterocycles. The van der Waals surface area contributed by atoms with Crippen molar-refractivity contribution >= 4 is 29.9 Å². The Kier molecular flexibility index (Phi) is 10.2. The highest BCUT2D eigenvalue weighted by molar-refractivity contribution is 5.92. The van der Waals surface area contributed by atoms with E-state index in [1.807, 2.05) is 0 Å². The average molecular weight is 502 g/mol. The number of hydrogen-bond acceptors (Lipinski definition) is 11. The zero-order valence-electron chi connectivity index (χ0n) is 20.1. The number of benzene rings is 2. The summed E-state index contributed by atoms with van der Waals surface area (Å²) in [6.45, 7) is -1.20. The van der Waals surface area contributed by atoms with E-state index in [1.165, 1.54) is 64.9 Å². The molecule has 2 aromatic carbocycles. The molecule has 0 heterocycles. The van der Waals surface area contributed by atoms with Crippen molar-refractivity contribution in [2.45, 2.75) is 0 Å². The van der Waals surface area contributed by atoms with Gasteiger partial charge in [-0.15, -0.1) is 0 Å². The molecule has 0 aliphatic rings. The minimum Gasteiger partial charge on any atom is -0.502 e. The van der Waals surface area contributed by atoms with Gasteiger partial charge in [0.15, 0.2) is 36.2 Å². The minimum absolute atomic E-state index is 0.150. The fraction of sp³-hybridized carbons (Fsp3) is 0.240. The summed E-state index contributed by atoms with van der Waals surface area (Å²) in [5, 5.41) is 19.8. The molecule has 2 N–H and O–H groups in total. The number of phenols is 2. The number of Topliss-reactive ketones (excluding diaryl/α,β-unsaturated/α-hetero) is 1. The predicted octanol–water partition coefficient (Wildman–Crippen LogP) is 2.51. The van der Waals surface area contributed by atoms with E-state index in [1.54, 1.807) is 0 Å². The first kappa shape index (κ1) is 27.6. The lowest BCUT2D eigenvalue weighted by atomic mass is 10.1. The van der Waals surface area contributed by atoms with Gasteiger partial charge in [-0.2, -0.15) is 0 Å². The van der Waals surface area contributed by atoms with Crippen LogP contribution in [-0.2, 0) is 23.9 Å². The maximum Gasteiger partial charge on any atom is 0.331 e. The molecule has 11 heteroatoms. The van der Waals surface area contributed by atoms with Crippen molar-refractivity contribution in [1.82, 2.24) is 0 Å². The van der Waals surface area contributed by atoms with Crippen LogP contribution in [0.3, 0.4) is 0 Å². The van der Waals surface area contributed by atoms with Gasteiger partial charge < -0.3 is 38.6 Å². The van der Waals surface area contributed by atoms with Crippen LogP contribution in [0.1, 0.15) is 11.1 Å². The molecule has 0 atom stereocenters. The highest BCUT2D eigenvalue weighted by Crippen LogP contribution is 2.38. The van der Waals surface area contributed by atoms with Crippen molar-refractivity contribution in [2.75, 3.05) is 41.7 Å². The Labute approximate surface area is 207 Å². The third-order valence-electron chi connectivity index (χ3n) is 4.58. The first-order chi connectivity index (χ1) is 17.2. The van der Waals surface area contributed by atoms with Crippen molar-refractivity contribution in [3.8, 4) is 34.5 Å². The van der Waals surface area contributed by atoms with Crippen LogP contribution in [-0.4, -0.2) is 69.6 Å². The second kappa shape index (κ2) is 13.3. The molecular weight excluding hydrogens is 476 g/mol. The van der Waals surface area contributed by atoms with Crippen LogP contribution in [0.25, 0.3) is 12.2 Å². The van der Waals surface area contributed by atoms with Gasteiger partial charge in [0.2, 0.25) is 17.3 Å². The number of carbonyl (C=O) groups is 3. The molecule has 11 nitrogen and oxygen atoms in total. The monoisotopic (exact) mass is 502 g/mol.